The Morgan fingerprint density at radius 3 is 2.48 bits per heavy atom. The lowest BCUT2D eigenvalue weighted by Gasteiger charge is -2.16. The molecule has 2 heterocycles. The molecule has 3 rings (SSSR count). The Bertz CT molecular complexity index is 815. The smallest absolute Gasteiger partial charge is 0.137 e. The fourth-order valence-corrected chi connectivity index (χ4v) is 2.87. The Kier molecular flexibility index (Phi) is 3.30. The predicted molar refractivity (Wildman–Crippen MR) is 86.6 cm³/mol. The van der Waals surface area contributed by atoms with E-state index < -0.39 is 0 Å². The van der Waals surface area contributed by atoms with Crippen LogP contribution in [0.15, 0.2) is 36.4 Å². The van der Waals surface area contributed by atoms with E-state index in [4.69, 9.17) is 5.73 Å². The lowest BCUT2D eigenvalue weighted by atomic mass is 9.98. The highest BCUT2D eigenvalue weighted by Gasteiger charge is 2.19. The number of nitrogens with two attached hydrogens (primary N) is 1. The van der Waals surface area contributed by atoms with Crippen molar-refractivity contribution in [2.24, 2.45) is 5.73 Å². The quantitative estimate of drug-likeness (QED) is 0.778. The van der Waals surface area contributed by atoms with Crippen molar-refractivity contribution >= 4 is 5.65 Å². The lowest BCUT2D eigenvalue weighted by molar-refractivity contribution is 0.794. The van der Waals surface area contributed by atoms with Crippen LogP contribution in [0.4, 0.5) is 0 Å². The van der Waals surface area contributed by atoms with Crippen molar-refractivity contribution in [1.29, 1.82) is 0 Å². The normalized spacial score (nSPS) is 12.8. The van der Waals surface area contributed by atoms with Gasteiger partial charge in [0.2, 0.25) is 0 Å². The van der Waals surface area contributed by atoms with E-state index in [1.165, 1.54) is 11.1 Å². The molecule has 0 bridgehead atoms. The summed E-state index contributed by atoms with van der Waals surface area (Å²) in [7, 11) is 0. The summed E-state index contributed by atoms with van der Waals surface area (Å²) in [4.78, 5) is 4.64. The molecule has 3 nitrogen and oxygen atoms in total. The summed E-state index contributed by atoms with van der Waals surface area (Å²) < 4.78 is 2.16. The van der Waals surface area contributed by atoms with Crippen molar-refractivity contribution in [2.75, 3.05) is 0 Å². The molecule has 1 aromatic carbocycles. The van der Waals surface area contributed by atoms with Crippen LogP contribution >= 0.6 is 0 Å². The van der Waals surface area contributed by atoms with Gasteiger partial charge in [0.1, 0.15) is 5.65 Å². The van der Waals surface area contributed by atoms with Gasteiger partial charge in [0.25, 0.3) is 0 Å². The second-order valence-electron chi connectivity index (χ2n) is 5.76. The Balaban J connectivity index is 2.19. The molecule has 21 heavy (non-hydrogen) atoms. The first-order valence-corrected chi connectivity index (χ1v) is 7.26. The van der Waals surface area contributed by atoms with Crippen molar-refractivity contribution in [3.63, 3.8) is 0 Å². The molecule has 0 saturated carbocycles. The van der Waals surface area contributed by atoms with Crippen LogP contribution in [0.3, 0.4) is 0 Å². The number of benzene rings is 1. The summed E-state index contributed by atoms with van der Waals surface area (Å²) in [5.41, 5.74) is 14.4. The average Bonchev–Trinajstić information content (AvgIpc) is 2.78. The van der Waals surface area contributed by atoms with E-state index in [9.17, 15) is 0 Å². The van der Waals surface area contributed by atoms with Crippen LogP contribution in [0, 0.1) is 27.7 Å². The number of rotatable bonds is 2. The van der Waals surface area contributed by atoms with E-state index in [-0.39, 0.29) is 6.04 Å². The summed E-state index contributed by atoms with van der Waals surface area (Å²) in [5.74, 6) is 0. The first-order chi connectivity index (χ1) is 9.99. The maximum Gasteiger partial charge on any atom is 0.137 e. The van der Waals surface area contributed by atoms with Crippen LogP contribution in [0.1, 0.15) is 39.8 Å². The number of aryl methyl sites for hydroxylation is 4. The van der Waals surface area contributed by atoms with Gasteiger partial charge >= 0.3 is 0 Å². The molecule has 1 atom stereocenters. The van der Waals surface area contributed by atoms with Crippen LogP contribution in [0.25, 0.3) is 5.65 Å². The SMILES string of the molecule is Cc1ccc(C(N)c2c(C)nc3cccc(C)n23)cc1C. The lowest BCUT2D eigenvalue weighted by Crippen LogP contribution is -2.16. The van der Waals surface area contributed by atoms with E-state index in [1.54, 1.807) is 0 Å². The van der Waals surface area contributed by atoms with E-state index >= 15 is 0 Å². The predicted octanol–water partition coefficient (Wildman–Crippen LogP) is 3.62. The maximum absolute atomic E-state index is 6.55. The zero-order chi connectivity index (χ0) is 15.1. The highest BCUT2D eigenvalue weighted by atomic mass is 15.0. The molecule has 2 N–H and O–H groups in total. The van der Waals surface area contributed by atoms with Gasteiger partial charge < -0.3 is 5.73 Å². The molecule has 0 aliphatic rings. The van der Waals surface area contributed by atoms with E-state index in [1.807, 2.05) is 19.1 Å². The molecule has 2 aromatic heterocycles. The summed E-state index contributed by atoms with van der Waals surface area (Å²) in [6.45, 7) is 8.36. The van der Waals surface area contributed by atoms with Crippen LogP contribution in [0.5, 0.6) is 0 Å². The van der Waals surface area contributed by atoms with Crippen molar-refractivity contribution in [3.05, 3.63) is 70.2 Å². The topological polar surface area (TPSA) is 43.3 Å². The van der Waals surface area contributed by atoms with Crippen molar-refractivity contribution in [1.82, 2.24) is 9.38 Å². The number of fused-ring (bicyclic) bond motifs is 1. The zero-order valence-electron chi connectivity index (χ0n) is 13.0. The molecule has 108 valence electrons. The molecule has 3 heteroatoms. The number of nitrogens with zero attached hydrogens (tertiary/aromatic N) is 2. The minimum absolute atomic E-state index is 0.166. The molecular weight excluding hydrogens is 258 g/mol. The summed E-state index contributed by atoms with van der Waals surface area (Å²) >= 11 is 0. The number of aromatic nitrogens is 2. The van der Waals surface area contributed by atoms with Gasteiger partial charge in [-0.2, -0.15) is 0 Å². The van der Waals surface area contributed by atoms with Gasteiger partial charge in [0.15, 0.2) is 0 Å². The van der Waals surface area contributed by atoms with Gasteiger partial charge in [-0.25, -0.2) is 4.98 Å². The van der Waals surface area contributed by atoms with Gasteiger partial charge in [-0.3, -0.25) is 4.40 Å². The first kappa shape index (κ1) is 13.8. The monoisotopic (exact) mass is 279 g/mol. The molecule has 1 unspecified atom stereocenters. The highest BCUT2D eigenvalue weighted by Crippen LogP contribution is 2.26. The Morgan fingerprint density at radius 1 is 1.00 bits per heavy atom. The maximum atomic E-state index is 6.55. The van der Waals surface area contributed by atoms with Crippen LogP contribution in [0.2, 0.25) is 0 Å². The second kappa shape index (κ2) is 5.01. The van der Waals surface area contributed by atoms with Crippen LogP contribution < -0.4 is 5.73 Å². The molecule has 0 radical (unpaired) electrons. The molecule has 0 amide bonds. The molecular formula is C18H21N3. The summed E-state index contributed by atoms with van der Waals surface area (Å²) in [6.07, 6.45) is 0. The number of pyridine rings is 1. The van der Waals surface area contributed by atoms with Gasteiger partial charge in [-0.15, -0.1) is 0 Å². The highest BCUT2D eigenvalue weighted by molar-refractivity contribution is 5.48. The first-order valence-electron chi connectivity index (χ1n) is 7.26. The minimum atomic E-state index is -0.166. The standard InChI is InChI=1S/C18H21N3/c1-11-8-9-15(10-12(11)2)17(19)18-14(4)20-16-7-5-6-13(3)21(16)18/h5-10,17H,19H2,1-4H3. The van der Waals surface area contributed by atoms with Gasteiger partial charge in [0.05, 0.1) is 17.4 Å². The van der Waals surface area contributed by atoms with E-state index in [2.05, 4.69) is 54.4 Å². The number of imidazole rings is 1. The summed E-state index contributed by atoms with van der Waals surface area (Å²) in [5, 5.41) is 0. The van der Waals surface area contributed by atoms with Gasteiger partial charge in [0, 0.05) is 5.69 Å². The zero-order valence-corrected chi connectivity index (χ0v) is 13.0. The second-order valence-corrected chi connectivity index (χ2v) is 5.76. The number of hydrogen-bond donors (Lipinski definition) is 1. The molecule has 0 fully saturated rings. The van der Waals surface area contributed by atoms with Crippen molar-refractivity contribution < 1.29 is 0 Å². The van der Waals surface area contributed by atoms with Crippen molar-refractivity contribution in [2.45, 2.75) is 33.7 Å². The minimum Gasteiger partial charge on any atom is -0.319 e. The molecule has 0 aliphatic heterocycles. The molecule has 0 saturated heterocycles. The third kappa shape index (κ3) is 2.24. The van der Waals surface area contributed by atoms with E-state index in [0.29, 0.717) is 0 Å². The van der Waals surface area contributed by atoms with Crippen LogP contribution in [-0.2, 0) is 0 Å². The molecule has 0 aliphatic carbocycles. The molecule has 3 aromatic rings. The Morgan fingerprint density at radius 2 is 1.76 bits per heavy atom. The number of hydrogen-bond acceptors (Lipinski definition) is 2. The fourth-order valence-electron chi connectivity index (χ4n) is 2.87. The largest absolute Gasteiger partial charge is 0.319 e. The Labute approximate surface area is 125 Å². The van der Waals surface area contributed by atoms with Crippen LogP contribution in [-0.4, -0.2) is 9.38 Å². The molecule has 0 spiro atoms. The summed E-state index contributed by atoms with van der Waals surface area (Å²) in [6, 6.07) is 12.4. The van der Waals surface area contributed by atoms with Crippen molar-refractivity contribution in [3.8, 4) is 0 Å². The third-order valence-corrected chi connectivity index (χ3v) is 4.24. The fraction of sp³-hybridized carbons (Fsp3) is 0.278. The van der Waals surface area contributed by atoms with E-state index in [0.717, 1.165) is 28.3 Å². The van der Waals surface area contributed by atoms with Gasteiger partial charge in [-0.1, -0.05) is 24.3 Å². The average molecular weight is 279 g/mol. The van der Waals surface area contributed by atoms with Gasteiger partial charge in [-0.05, 0) is 56.5 Å². The third-order valence-electron chi connectivity index (χ3n) is 4.24. The Hall–Kier alpha value is -2.13.